The fraction of sp³-hybridized carbons (Fsp3) is 0.0714. The Bertz CT molecular complexity index is 706. The van der Waals surface area contributed by atoms with Crippen molar-refractivity contribution in [2.24, 2.45) is 0 Å². The molecule has 0 aliphatic heterocycles. The van der Waals surface area contributed by atoms with Gasteiger partial charge in [-0.1, -0.05) is 35.9 Å². The van der Waals surface area contributed by atoms with Crippen LogP contribution in [-0.4, -0.2) is 10.8 Å². The van der Waals surface area contributed by atoms with Gasteiger partial charge in [0.1, 0.15) is 4.47 Å². The zero-order valence-corrected chi connectivity index (χ0v) is 13.0. The van der Waals surface area contributed by atoms with E-state index in [9.17, 15) is 14.9 Å². The van der Waals surface area contributed by atoms with E-state index in [1.807, 2.05) is 6.07 Å². The zero-order chi connectivity index (χ0) is 15.4. The van der Waals surface area contributed by atoms with Gasteiger partial charge in [0.05, 0.1) is 10.5 Å². The van der Waals surface area contributed by atoms with Gasteiger partial charge in [-0.3, -0.25) is 14.9 Å². The summed E-state index contributed by atoms with van der Waals surface area (Å²) in [6.07, 6.45) is 0. The molecule has 108 valence electrons. The molecule has 1 amide bonds. The van der Waals surface area contributed by atoms with Gasteiger partial charge in [-0.25, -0.2) is 0 Å². The topological polar surface area (TPSA) is 72.2 Å². The van der Waals surface area contributed by atoms with Crippen molar-refractivity contribution in [1.82, 2.24) is 5.32 Å². The molecule has 0 radical (unpaired) electrons. The highest BCUT2D eigenvalue weighted by atomic mass is 79.9. The normalized spacial score (nSPS) is 10.2. The Morgan fingerprint density at radius 1 is 1.24 bits per heavy atom. The number of nitro benzene ring substituents is 1. The average molecular weight is 370 g/mol. The van der Waals surface area contributed by atoms with E-state index in [2.05, 4.69) is 21.2 Å². The van der Waals surface area contributed by atoms with Crippen molar-refractivity contribution in [3.05, 3.63) is 73.2 Å². The first-order chi connectivity index (χ1) is 10.0. The maximum Gasteiger partial charge on any atom is 0.284 e. The number of hydrogen-bond acceptors (Lipinski definition) is 3. The minimum absolute atomic E-state index is 0.152. The zero-order valence-electron chi connectivity index (χ0n) is 10.7. The lowest BCUT2D eigenvalue weighted by molar-refractivity contribution is -0.385. The second-order valence-corrected chi connectivity index (χ2v) is 5.37. The third-order valence-corrected chi connectivity index (χ3v) is 4.02. The Labute approximate surface area is 134 Å². The summed E-state index contributed by atoms with van der Waals surface area (Å²) in [5, 5.41) is 14.1. The number of carbonyl (C=O) groups is 1. The van der Waals surface area contributed by atoms with Crippen LogP contribution < -0.4 is 5.32 Å². The number of hydrogen-bond donors (Lipinski definition) is 1. The van der Waals surface area contributed by atoms with Crippen LogP contribution in [0, 0.1) is 10.1 Å². The van der Waals surface area contributed by atoms with Gasteiger partial charge in [-0.2, -0.15) is 0 Å². The number of rotatable bonds is 4. The number of benzene rings is 2. The summed E-state index contributed by atoms with van der Waals surface area (Å²) in [4.78, 5) is 22.4. The van der Waals surface area contributed by atoms with Crippen LogP contribution >= 0.6 is 27.5 Å². The summed E-state index contributed by atoms with van der Waals surface area (Å²) in [5.41, 5.74) is 0.825. The van der Waals surface area contributed by atoms with Crippen LogP contribution in [0.1, 0.15) is 15.9 Å². The fourth-order valence-electron chi connectivity index (χ4n) is 1.75. The van der Waals surface area contributed by atoms with Gasteiger partial charge >= 0.3 is 0 Å². The highest BCUT2D eigenvalue weighted by molar-refractivity contribution is 9.10. The molecule has 0 unspecified atom stereocenters. The molecule has 0 fully saturated rings. The molecule has 0 aliphatic carbocycles. The van der Waals surface area contributed by atoms with Crippen LogP contribution in [0.2, 0.25) is 5.02 Å². The minimum Gasteiger partial charge on any atom is -0.348 e. The van der Waals surface area contributed by atoms with Gasteiger partial charge in [0.25, 0.3) is 11.6 Å². The monoisotopic (exact) mass is 368 g/mol. The smallest absolute Gasteiger partial charge is 0.284 e. The summed E-state index contributed by atoms with van der Waals surface area (Å²) >= 11 is 9.10. The van der Waals surface area contributed by atoms with Gasteiger partial charge < -0.3 is 5.32 Å². The van der Waals surface area contributed by atoms with Crippen molar-refractivity contribution in [2.45, 2.75) is 6.54 Å². The van der Waals surface area contributed by atoms with E-state index in [0.29, 0.717) is 5.02 Å². The Morgan fingerprint density at radius 2 is 1.95 bits per heavy atom. The number of amides is 1. The average Bonchev–Trinajstić information content (AvgIpc) is 2.46. The predicted octanol–water partition coefficient (Wildman–Crippen LogP) is 3.94. The quantitative estimate of drug-likeness (QED) is 0.655. The standard InChI is InChI=1S/C14H10BrClN2O3/c15-13-10(5-3-7-12(13)18(20)21)14(19)17-8-9-4-1-2-6-11(9)16/h1-7H,8H2,(H,17,19). The predicted molar refractivity (Wildman–Crippen MR) is 83.4 cm³/mol. The Balaban J connectivity index is 2.16. The second kappa shape index (κ2) is 6.69. The maximum absolute atomic E-state index is 12.1. The van der Waals surface area contributed by atoms with Crippen LogP contribution in [0.15, 0.2) is 46.9 Å². The molecule has 2 rings (SSSR count). The van der Waals surface area contributed by atoms with E-state index in [0.717, 1.165) is 5.56 Å². The first-order valence-electron chi connectivity index (χ1n) is 5.95. The molecule has 21 heavy (non-hydrogen) atoms. The summed E-state index contributed by atoms with van der Waals surface area (Å²) in [5.74, 6) is -0.412. The van der Waals surface area contributed by atoms with Crippen LogP contribution in [0.25, 0.3) is 0 Å². The number of halogens is 2. The van der Waals surface area contributed by atoms with E-state index in [-0.39, 0.29) is 22.3 Å². The SMILES string of the molecule is O=C(NCc1ccccc1Cl)c1cccc([N+](=O)[O-])c1Br. The number of nitro groups is 1. The highest BCUT2D eigenvalue weighted by Crippen LogP contribution is 2.28. The van der Waals surface area contributed by atoms with Gasteiger partial charge in [0, 0.05) is 17.6 Å². The fourth-order valence-corrected chi connectivity index (χ4v) is 2.54. The van der Waals surface area contributed by atoms with Gasteiger partial charge in [-0.05, 0) is 33.6 Å². The molecular formula is C14H10BrClN2O3. The maximum atomic E-state index is 12.1. The van der Waals surface area contributed by atoms with Gasteiger partial charge in [-0.15, -0.1) is 0 Å². The molecule has 0 saturated carbocycles. The second-order valence-electron chi connectivity index (χ2n) is 4.17. The number of nitrogens with zero attached hydrogens (tertiary/aromatic N) is 1. The molecule has 0 aliphatic rings. The first-order valence-corrected chi connectivity index (χ1v) is 7.12. The molecule has 0 aromatic heterocycles. The molecule has 2 aromatic rings. The molecule has 0 bridgehead atoms. The molecule has 0 spiro atoms. The van der Waals surface area contributed by atoms with Crippen molar-refractivity contribution in [1.29, 1.82) is 0 Å². The third kappa shape index (κ3) is 3.59. The van der Waals surface area contributed by atoms with E-state index in [1.54, 1.807) is 18.2 Å². The van der Waals surface area contributed by atoms with Gasteiger partial charge in [0.15, 0.2) is 0 Å². The number of carbonyl (C=O) groups excluding carboxylic acids is 1. The summed E-state index contributed by atoms with van der Waals surface area (Å²) in [7, 11) is 0. The van der Waals surface area contributed by atoms with Gasteiger partial charge in [0.2, 0.25) is 0 Å². The molecular weight excluding hydrogens is 360 g/mol. The van der Waals surface area contributed by atoms with E-state index < -0.39 is 10.8 Å². The third-order valence-electron chi connectivity index (χ3n) is 2.82. The molecule has 0 atom stereocenters. The van der Waals surface area contributed by atoms with Crippen molar-refractivity contribution >= 4 is 39.1 Å². The molecule has 7 heteroatoms. The lowest BCUT2D eigenvalue weighted by atomic mass is 10.1. The lowest BCUT2D eigenvalue weighted by Gasteiger charge is -2.08. The van der Waals surface area contributed by atoms with Crippen molar-refractivity contribution < 1.29 is 9.72 Å². The highest BCUT2D eigenvalue weighted by Gasteiger charge is 2.19. The Morgan fingerprint density at radius 3 is 2.62 bits per heavy atom. The summed E-state index contributed by atoms with van der Waals surface area (Å²) in [6, 6.07) is 11.4. The van der Waals surface area contributed by atoms with Crippen molar-refractivity contribution in [3.8, 4) is 0 Å². The van der Waals surface area contributed by atoms with E-state index >= 15 is 0 Å². The molecule has 0 saturated heterocycles. The molecule has 5 nitrogen and oxygen atoms in total. The van der Waals surface area contributed by atoms with Crippen LogP contribution in [0.5, 0.6) is 0 Å². The number of nitrogens with one attached hydrogen (secondary N) is 1. The van der Waals surface area contributed by atoms with Crippen LogP contribution in [0.3, 0.4) is 0 Å². The Kier molecular flexibility index (Phi) is 4.93. The summed E-state index contributed by atoms with van der Waals surface area (Å²) in [6.45, 7) is 0.244. The minimum atomic E-state index is -0.547. The van der Waals surface area contributed by atoms with Crippen LogP contribution in [0.4, 0.5) is 5.69 Å². The molecule has 0 heterocycles. The largest absolute Gasteiger partial charge is 0.348 e. The van der Waals surface area contributed by atoms with Crippen LogP contribution in [-0.2, 0) is 6.54 Å². The van der Waals surface area contributed by atoms with E-state index in [4.69, 9.17) is 11.6 Å². The lowest BCUT2D eigenvalue weighted by Crippen LogP contribution is -2.23. The van der Waals surface area contributed by atoms with E-state index in [1.165, 1.54) is 18.2 Å². The van der Waals surface area contributed by atoms with Crippen molar-refractivity contribution in [3.63, 3.8) is 0 Å². The van der Waals surface area contributed by atoms with Crippen molar-refractivity contribution in [2.75, 3.05) is 0 Å². The Hall–Kier alpha value is -1.92. The summed E-state index contributed by atoms with van der Waals surface area (Å²) < 4.78 is 0.159. The molecule has 1 N–H and O–H groups in total. The molecule has 2 aromatic carbocycles. The first kappa shape index (κ1) is 15.5.